The summed E-state index contributed by atoms with van der Waals surface area (Å²) < 4.78 is 5.22. The number of rotatable bonds is 2. The first-order valence-corrected chi connectivity index (χ1v) is 4.63. The fraction of sp³-hybridized carbons (Fsp3) is 0.900. The van der Waals surface area contributed by atoms with Gasteiger partial charge in [0.1, 0.15) is 5.60 Å². The molecule has 0 N–H and O–H groups in total. The zero-order chi connectivity index (χ0) is 9.35. The number of hydrogen-bond acceptors (Lipinski definition) is 2. The molecule has 1 fully saturated rings. The minimum absolute atomic E-state index is 0.0364. The van der Waals surface area contributed by atoms with E-state index in [-0.39, 0.29) is 11.6 Å². The Kier molecular flexibility index (Phi) is 2.45. The standard InChI is InChI=1S/C10H18O2/c1-7(2)5-8-6-9(11)12-10(8,3)4/h7-8H,5-6H2,1-4H3. The van der Waals surface area contributed by atoms with Gasteiger partial charge >= 0.3 is 5.97 Å². The van der Waals surface area contributed by atoms with E-state index in [1.807, 2.05) is 13.8 Å². The van der Waals surface area contributed by atoms with Gasteiger partial charge in [-0.2, -0.15) is 0 Å². The van der Waals surface area contributed by atoms with E-state index in [9.17, 15) is 4.79 Å². The molecule has 1 saturated heterocycles. The van der Waals surface area contributed by atoms with Crippen molar-refractivity contribution in [2.75, 3.05) is 0 Å². The number of hydrogen-bond donors (Lipinski definition) is 0. The molecule has 0 spiro atoms. The van der Waals surface area contributed by atoms with Crippen LogP contribution in [0, 0.1) is 11.8 Å². The highest BCUT2D eigenvalue weighted by atomic mass is 16.6. The topological polar surface area (TPSA) is 26.3 Å². The second kappa shape index (κ2) is 3.08. The number of ether oxygens (including phenoxy) is 1. The summed E-state index contributed by atoms with van der Waals surface area (Å²) in [4.78, 5) is 11.0. The molecule has 12 heavy (non-hydrogen) atoms. The molecular formula is C10H18O2. The third-order valence-corrected chi connectivity index (χ3v) is 2.53. The van der Waals surface area contributed by atoms with Gasteiger partial charge < -0.3 is 4.74 Å². The third-order valence-electron chi connectivity index (χ3n) is 2.53. The maximum absolute atomic E-state index is 11.0. The molecule has 1 aliphatic heterocycles. The Labute approximate surface area is 74.3 Å². The summed E-state index contributed by atoms with van der Waals surface area (Å²) in [6.07, 6.45) is 1.68. The largest absolute Gasteiger partial charge is 0.459 e. The highest BCUT2D eigenvalue weighted by Gasteiger charge is 2.41. The molecule has 70 valence electrons. The Morgan fingerprint density at radius 1 is 1.58 bits per heavy atom. The van der Waals surface area contributed by atoms with Crippen molar-refractivity contribution in [1.82, 2.24) is 0 Å². The van der Waals surface area contributed by atoms with Crippen LogP contribution in [0.2, 0.25) is 0 Å². The van der Waals surface area contributed by atoms with E-state index in [4.69, 9.17) is 4.74 Å². The van der Waals surface area contributed by atoms with Crippen LogP contribution in [0.5, 0.6) is 0 Å². The van der Waals surface area contributed by atoms with Crippen LogP contribution in [-0.2, 0) is 9.53 Å². The Morgan fingerprint density at radius 2 is 2.17 bits per heavy atom. The zero-order valence-electron chi connectivity index (χ0n) is 8.39. The molecule has 1 atom stereocenters. The summed E-state index contributed by atoms with van der Waals surface area (Å²) in [6.45, 7) is 8.37. The molecule has 0 saturated carbocycles. The van der Waals surface area contributed by atoms with Crippen LogP contribution < -0.4 is 0 Å². The maximum atomic E-state index is 11.0. The highest BCUT2D eigenvalue weighted by molar-refractivity contribution is 5.72. The van der Waals surface area contributed by atoms with Crippen LogP contribution in [0.15, 0.2) is 0 Å². The third kappa shape index (κ3) is 1.99. The minimum Gasteiger partial charge on any atom is -0.459 e. The first-order valence-electron chi connectivity index (χ1n) is 4.63. The average Bonchev–Trinajstić information content (AvgIpc) is 2.04. The molecule has 1 heterocycles. The fourth-order valence-corrected chi connectivity index (χ4v) is 1.80. The van der Waals surface area contributed by atoms with Crippen molar-refractivity contribution < 1.29 is 9.53 Å². The van der Waals surface area contributed by atoms with Crippen molar-refractivity contribution in [2.45, 2.75) is 46.1 Å². The molecule has 0 aliphatic carbocycles. The van der Waals surface area contributed by atoms with Gasteiger partial charge in [-0.1, -0.05) is 13.8 Å². The van der Waals surface area contributed by atoms with Gasteiger partial charge in [0.05, 0.1) is 6.42 Å². The summed E-state index contributed by atoms with van der Waals surface area (Å²) in [7, 11) is 0. The lowest BCUT2D eigenvalue weighted by molar-refractivity contribution is -0.146. The lowest BCUT2D eigenvalue weighted by Crippen LogP contribution is -2.28. The van der Waals surface area contributed by atoms with Crippen molar-refractivity contribution in [3.8, 4) is 0 Å². The minimum atomic E-state index is -0.235. The molecule has 2 heteroatoms. The second-order valence-corrected chi connectivity index (χ2v) is 4.61. The van der Waals surface area contributed by atoms with Crippen LogP contribution in [0.3, 0.4) is 0 Å². The van der Waals surface area contributed by atoms with Crippen LogP contribution in [0.1, 0.15) is 40.5 Å². The van der Waals surface area contributed by atoms with E-state index in [1.165, 1.54) is 0 Å². The summed E-state index contributed by atoms with van der Waals surface area (Å²) in [5, 5.41) is 0. The molecule has 0 bridgehead atoms. The van der Waals surface area contributed by atoms with Gasteiger partial charge in [-0.15, -0.1) is 0 Å². The first kappa shape index (κ1) is 9.56. The smallest absolute Gasteiger partial charge is 0.306 e. The summed E-state index contributed by atoms with van der Waals surface area (Å²) in [5.74, 6) is 1.01. The molecule has 0 aromatic rings. The predicted molar refractivity (Wildman–Crippen MR) is 47.7 cm³/mol. The summed E-state index contributed by atoms with van der Waals surface area (Å²) in [6, 6.07) is 0. The van der Waals surface area contributed by atoms with Gasteiger partial charge in [0.25, 0.3) is 0 Å². The quantitative estimate of drug-likeness (QED) is 0.595. The normalized spacial score (nSPS) is 27.8. The molecule has 0 aromatic heterocycles. The van der Waals surface area contributed by atoms with Crippen LogP contribution in [-0.4, -0.2) is 11.6 Å². The number of cyclic esters (lactones) is 1. The number of esters is 1. The Balaban J connectivity index is 2.59. The van der Waals surface area contributed by atoms with E-state index < -0.39 is 0 Å². The summed E-state index contributed by atoms with van der Waals surface area (Å²) >= 11 is 0. The maximum Gasteiger partial charge on any atom is 0.306 e. The predicted octanol–water partition coefficient (Wildman–Crippen LogP) is 2.37. The van der Waals surface area contributed by atoms with Gasteiger partial charge in [-0.05, 0) is 26.2 Å². The molecule has 2 nitrogen and oxygen atoms in total. The summed E-state index contributed by atoms with van der Waals surface area (Å²) in [5.41, 5.74) is -0.235. The van der Waals surface area contributed by atoms with Crippen molar-refractivity contribution in [2.24, 2.45) is 11.8 Å². The molecule has 0 amide bonds. The molecule has 1 rings (SSSR count). The van der Waals surface area contributed by atoms with E-state index >= 15 is 0 Å². The lowest BCUT2D eigenvalue weighted by atomic mass is 9.84. The highest BCUT2D eigenvalue weighted by Crippen LogP contribution is 2.36. The van der Waals surface area contributed by atoms with Crippen molar-refractivity contribution in [3.63, 3.8) is 0 Å². The van der Waals surface area contributed by atoms with Crippen LogP contribution >= 0.6 is 0 Å². The molecule has 1 unspecified atom stereocenters. The Morgan fingerprint density at radius 3 is 2.50 bits per heavy atom. The van der Waals surface area contributed by atoms with Gasteiger partial charge in [0.2, 0.25) is 0 Å². The number of carbonyl (C=O) groups excluding carboxylic acids is 1. The zero-order valence-corrected chi connectivity index (χ0v) is 8.39. The molecule has 1 aliphatic rings. The van der Waals surface area contributed by atoms with Crippen molar-refractivity contribution in [1.29, 1.82) is 0 Å². The molecule has 0 radical (unpaired) electrons. The molecular weight excluding hydrogens is 152 g/mol. The van der Waals surface area contributed by atoms with Crippen LogP contribution in [0.25, 0.3) is 0 Å². The van der Waals surface area contributed by atoms with E-state index in [0.717, 1.165) is 6.42 Å². The van der Waals surface area contributed by atoms with Gasteiger partial charge in [0.15, 0.2) is 0 Å². The van der Waals surface area contributed by atoms with Gasteiger partial charge in [-0.3, -0.25) is 4.79 Å². The average molecular weight is 170 g/mol. The van der Waals surface area contributed by atoms with Crippen LogP contribution in [0.4, 0.5) is 0 Å². The SMILES string of the molecule is CC(C)CC1CC(=O)OC1(C)C. The van der Waals surface area contributed by atoms with Crippen molar-refractivity contribution >= 4 is 5.97 Å². The van der Waals surface area contributed by atoms with Gasteiger partial charge in [0, 0.05) is 5.92 Å². The van der Waals surface area contributed by atoms with E-state index in [2.05, 4.69) is 13.8 Å². The van der Waals surface area contributed by atoms with E-state index in [1.54, 1.807) is 0 Å². The van der Waals surface area contributed by atoms with E-state index in [0.29, 0.717) is 18.3 Å². The molecule has 0 aromatic carbocycles. The fourth-order valence-electron chi connectivity index (χ4n) is 1.80. The first-order chi connectivity index (χ1) is 5.42. The number of carbonyl (C=O) groups is 1. The monoisotopic (exact) mass is 170 g/mol. The second-order valence-electron chi connectivity index (χ2n) is 4.61. The Bertz CT molecular complexity index is 182. The van der Waals surface area contributed by atoms with Crippen molar-refractivity contribution in [3.05, 3.63) is 0 Å². The lowest BCUT2D eigenvalue weighted by Gasteiger charge is -2.25. The Hall–Kier alpha value is -0.530. The van der Waals surface area contributed by atoms with Gasteiger partial charge in [-0.25, -0.2) is 0 Å².